The highest BCUT2D eigenvalue weighted by Crippen LogP contribution is 2.23. The van der Waals surface area contributed by atoms with Gasteiger partial charge in [0.05, 0.1) is 6.61 Å². The van der Waals surface area contributed by atoms with Crippen LogP contribution in [-0.2, 0) is 14.8 Å². The summed E-state index contributed by atoms with van der Waals surface area (Å²) in [6, 6.07) is 3.67. The molecule has 7 heteroatoms. The lowest BCUT2D eigenvalue weighted by atomic mass is 9.95. The number of nitrogens with zero attached hydrogens (tertiary/aromatic N) is 2. The highest BCUT2D eigenvalue weighted by molar-refractivity contribution is 7.89. The molecule has 2 aliphatic heterocycles. The Hall–Kier alpha value is -1.18. The predicted octanol–water partition coefficient (Wildman–Crippen LogP) is 2.48. The number of hydrogen-bond acceptors (Lipinski definition) is 5. The van der Waals surface area contributed by atoms with Crippen molar-refractivity contribution in [1.29, 1.82) is 0 Å². The fraction of sp³-hybridized carbons (Fsp3) is 0.706. The molecule has 3 rings (SSSR count). The van der Waals surface area contributed by atoms with E-state index in [1.807, 2.05) is 0 Å². The summed E-state index contributed by atoms with van der Waals surface area (Å²) in [5, 5.41) is 3.37. The Kier molecular flexibility index (Phi) is 5.73. The molecule has 0 spiro atoms. The van der Waals surface area contributed by atoms with Crippen LogP contribution in [0.25, 0.3) is 0 Å². The van der Waals surface area contributed by atoms with E-state index >= 15 is 0 Å². The van der Waals surface area contributed by atoms with Crippen LogP contribution in [0.2, 0.25) is 0 Å². The number of pyridine rings is 1. The van der Waals surface area contributed by atoms with E-state index in [0.717, 1.165) is 45.3 Å². The van der Waals surface area contributed by atoms with E-state index in [2.05, 4.69) is 17.2 Å². The van der Waals surface area contributed by atoms with Crippen molar-refractivity contribution in [2.45, 2.75) is 50.0 Å². The maximum atomic E-state index is 12.6. The second-order valence-electron chi connectivity index (χ2n) is 6.75. The highest BCUT2D eigenvalue weighted by Gasteiger charge is 2.26. The monoisotopic (exact) mass is 353 g/mol. The van der Waals surface area contributed by atoms with Gasteiger partial charge in [0.2, 0.25) is 10.0 Å². The molecule has 1 aromatic heterocycles. The van der Waals surface area contributed by atoms with Crippen molar-refractivity contribution in [2.75, 3.05) is 31.6 Å². The van der Waals surface area contributed by atoms with Crippen molar-refractivity contribution in [3.8, 4) is 0 Å². The van der Waals surface area contributed by atoms with Gasteiger partial charge in [-0.25, -0.2) is 13.4 Å². The minimum Gasteiger partial charge on any atom is -0.381 e. The van der Waals surface area contributed by atoms with Crippen LogP contribution in [-0.4, -0.2) is 50.1 Å². The van der Waals surface area contributed by atoms with Gasteiger partial charge in [-0.1, -0.05) is 6.42 Å². The van der Waals surface area contributed by atoms with Crippen LogP contribution in [0.5, 0.6) is 0 Å². The van der Waals surface area contributed by atoms with Crippen LogP contribution < -0.4 is 5.32 Å². The van der Waals surface area contributed by atoms with Crippen LogP contribution in [0.15, 0.2) is 23.2 Å². The van der Waals surface area contributed by atoms with Gasteiger partial charge >= 0.3 is 0 Å². The third-order valence-electron chi connectivity index (χ3n) is 4.97. The topological polar surface area (TPSA) is 71.5 Å². The largest absolute Gasteiger partial charge is 0.381 e. The van der Waals surface area contributed by atoms with Gasteiger partial charge in [0.1, 0.15) is 10.7 Å². The molecule has 0 radical (unpaired) electrons. The number of piperidine rings is 1. The fourth-order valence-electron chi connectivity index (χ4n) is 3.38. The summed E-state index contributed by atoms with van der Waals surface area (Å²) >= 11 is 0. The maximum absolute atomic E-state index is 12.6. The smallest absolute Gasteiger partial charge is 0.244 e. The minimum atomic E-state index is -3.40. The lowest BCUT2D eigenvalue weighted by Gasteiger charge is -2.28. The number of sulfonamides is 1. The van der Waals surface area contributed by atoms with E-state index in [4.69, 9.17) is 4.74 Å². The summed E-state index contributed by atoms with van der Waals surface area (Å²) in [6.07, 6.45) is 6.69. The van der Waals surface area contributed by atoms with Gasteiger partial charge < -0.3 is 10.1 Å². The molecule has 1 N–H and O–H groups in total. The molecule has 0 aliphatic carbocycles. The SMILES string of the molecule is C[C@@H](Nc1ccc(S(=O)(=O)N2CCCCC2)cn1)[C@@H]1CCCOC1. The summed E-state index contributed by atoms with van der Waals surface area (Å²) in [5.74, 6) is 1.18. The number of rotatable bonds is 5. The van der Waals surface area contributed by atoms with Crippen LogP contribution in [0.1, 0.15) is 39.0 Å². The van der Waals surface area contributed by atoms with Crippen LogP contribution >= 0.6 is 0 Å². The first-order chi connectivity index (χ1) is 11.6. The van der Waals surface area contributed by atoms with E-state index < -0.39 is 10.0 Å². The first kappa shape index (κ1) is 17.6. The Labute approximate surface area is 144 Å². The lowest BCUT2D eigenvalue weighted by Crippen LogP contribution is -2.35. The summed E-state index contributed by atoms with van der Waals surface area (Å²) in [5.41, 5.74) is 0. The number of aromatic nitrogens is 1. The molecular weight excluding hydrogens is 326 g/mol. The zero-order valence-corrected chi connectivity index (χ0v) is 15.1. The zero-order chi connectivity index (χ0) is 17.0. The number of nitrogens with one attached hydrogen (secondary N) is 1. The van der Waals surface area contributed by atoms with Gasteiger partial charge in [0, 0.05) is 37.9 Å². The second-order valence-corrected chi connectivity index (χ2v) is 8.69. The van der Waals surface area contributed by atoms with Gasteiger partial charge in [0.15, 0.2) is 0 Å². The molecule has 24 heavy (non-hydrogen) atoms. The molecule has 1 aromatic rings. The number of anilines is 1. The summed E-state index contributed by atoms with van der Waals surface area (Å²) in [7, 11) is -3.40. The molecule has 2 atom stereocenters. The van der Waals surface area contributed by atoms with Gasteiger partial charge in [-0.3, -0.25) is 0 Å². The minimum absolute atomic E-state index is 0.252. The molecule has 134 valence electrons. The first-order valence-electron chi connectivity index (χ1n) is 8.88. The lowest BCUT2D eigenvalue weighted by molar-refractivity contribution is 0.0496. The Morgan fingerprint density at radius 1 is 1.25 bits per heavy atom. The standard InChI is InChI=1S/C17H27N3O3S/c1-14(15-6-5-11-23-13-15)19-17-8-7-16(12-18-17)24(21,22)20-9-3-2-4-10-20/h7-8,12,14-15H,2-6,9-11,13H2,1H3,(H,18,19)/t14-,15-/m1/s1. The van der Waals surface area contributed by atoms with E-state index in [1.165, 1.54) is 6.20 Å². The van der Waals surface area contributed by atoms with Gasteiger partial charge in [-0.2, -0.15) is 4.31 Å². The maximum Gasteiger partial charge on any atom is 0.244 e. The highest BCUT2D eigenvalue weighted by atomic mass is 32.2. The molecule has 0 saturated carbocycles. The van der Waals surface area contributed by atoms with Gasteiger partial charge in [-0.05, 0) is 44.7 Å². The summed E-state index contributed by atoms with van der Waals surface area (Å²) < 4.78 is 32.3. The predicted molar refractivity (Wildman–Crippen MR) is 93.5 cm³/mol. The summed E-state index contributed by atoms with van der Waals surface area (Å²) in [4.78, 5) is 4.60. The van der Waals surface area contributed by atoms with Crippen molar-refractivity contribution >= 4 is 15.8 Å². The van der Waals surface area contributed by atoms with Crippen molar-refractivity contribution in [3.05, 3.63) is 18.3 Å². The molecule has 0 bridgehead atoms. The molecule has 2 aliphatic rings. The molecule has 2 saturated heterocycles. The van der Waals surface area contributed by atoms with Crippen molar-refractivity contribution in [3.63, 3.8) is 0 Å². The van der Waals surface area contributed by atoms with Gasteiger partial charge in [0.25, 0.3) is 0 Å². The van der Waals surface area contributed by atoms with Crippen LogP contribution in [0.3, 0.4) is 0 Å². The molecule has 2 fully saturated rings. The van der Waals surface area contributed by atoms with E-state index in [9.17, 15) is 8.42 Å². The normalized spacial score (nSPS) is 24.5. The number of hydrogen-bond donors (Lipinski definition) is 1. The first-order valence-corrected chi connectivity index (χ1v) is 10.3. The quantitative estimate of drug-likeness (QED) is 0.880. The molecule has 3 heterocycles. The fourth-order valence-corrected chi connectivity index (χ4v) is 4.85. The van der Waals surface area contributed by atoms with Crippen molar-refractivity contribution < 1.29 is 13.2 Å². The van der Waals surface area contributed by atoms with Crippen LogP contribution in [0, 0.1) is 5.92 Å². The number of ether oxygens (including phenoxy) is 1. The Morgan fingerprint density at radius 2 is 2.04 bits per heavy atom. The summed E-state index contributed by atoms with van der Waals surface area (Å²) in [6.45, 7) is 4.97. The van der Waals surface area contributed by atoms with Crippen molar-refractivity contribution in [1.82, 2.24) is 9.29 Å². The average molecular weight is 353 g/mol. The van der Waals surface area contributed by atoms with Crippen molar-refractivity contribution in [2.24, 2.45) is 5.92 Å². The third kappa shape index (κ3) is 4.07. The van der Waals surface area contributed by atoms with E-state index in [1.54, 1.807) is 16.4 Å². The Bertz CT molecular complexity index is 621. The Morgan fingerprint density at radius 3 is 2.67 bits per heavy atom. The van der Waals surface area contributed by atoms with Gasteiger partial charge in [-0.15, -0.1) is 0 Å². The Balaban J connectivity index is 1.64. The second kappa shape index (κ2) is 7.80. The van der Waals surface area contributed by atoms with Crippen LogP contribution in [0.4, 0.5) is 5.82 Å². The zero-order valence-electron chi connectivity index (χ0n) is 14.3. The average Bonchev–Trinajstić information content (AvgIpc) is 2.63. The third-order valence-corrected chi connectivity index (χ3v) is 6.85. The van der Waals surface area contributed by atoms with E-state index in [-0.39, 0.29) is 10.9 Å². The molecule has 0 amide bonds. The van der Waals surface area contributed by atoms with E-state index in [0.29, 0.717) is 24.8 Å². The molecule has 0 unspecified atom stereocenters. The molecule has 6 nitrogen and oxygen atoms in total. The molecule has 0 aromatic carbocycles. The molecular formula is C17H27N3O3S.